The molecule has 0 saturated heterocycles. The molecule has 0 atom stereocenters. The van der Waals surface area contributed by atoms with Crippen molar-refractivity contribution in [2.24, 2.45) is 0 Å². The topological polar surface area (TPSA) is 17.3 Å². The summed E-state index contributed by atoms with van der Waals surface area (Å²) in [5.74, 6) is 0. The number of benzene rings is 1. The largest absolute Gasteiger partial charge is 0.420 e. The van der Waals surface area contributed by atoms with Crippen LogP contribution in [0.15, 0.2) is 42.7 Å². The van der Waals surface area contributed by atoms with Crippen molar-refractivity contribution >= 4 is 28.2 Å². The van der Waals surface area contributed by atoms with E-state index in [2.05, 4.69) is 4.98 Å². The highest BCUT2D eigenvalue weighted by atomic mass is 127. The molecule has 0 aliphatic carbocycles. The molecule has 3 aromatic rings. The zero-order valence-corrected chi connectivity index (χ0v) is 13.7. The molecule has 0 unspecified atom stereocenters. The molecule has 0 amide bonds. The van der Waals surface area contributed by atoms with Crippen LogP contribution < -0.4 is 0 Å². The molecule has 0 aliphatic heterocycles. The molecule has 0 fully saturated rings. The average molecular weight is 456 g/mol. The number of halogens is 7. The van der Waals surface area contributed by atoms with Crippen molar-refractivity contribution in [2.75, 3.05) is 0 Å². The van der Waals surface area contributed by atoms with Crippen LogP contribution in [-0.2, 0) is 12.4 Å². The molecule has 0 saturated carbocycles. The maximum atomic E-state index is 13.2. The van der Waals surface area contributed by atoms with E-state index in [1.165, 1.54) is 16.8 Å². The highest BCUT2D eigenvalue weighted by Gasteiger charge is 2.35. The van der Waals surface area contributed by atoms with Gasteiger partial charge in [0.1, 0.15) is 9.35 Å². The van der Waals surface area contributed by atoms with Crippen molar-refractivity contribution in [3.63, 3.8) is 0 Å². The van der Waals surface area contributed by atoms with Crippen molar-refractivity contribution < 1.29 is 26.3 Å². The second-order valence-electron chi connectivity index (χ2n) is 4.99. The lowest BCUT2D eigenvalue weighted by Gasteiger charge is -2.12. The van der Waals surface area contributed by atoms with E-state index in [0.29, 0.717) is 3.70 Å². The lowest BCUT2D eigenvalue weighted by atomic mass is 10.0. The van der Waals surface area contributed by atoms with E-state index in [9.17, 15) is 26.3 Å². The van der Waals surface area contributed by atoms with Gasteiger partial charge in [-0.2, -0.15) is 26.3 Å². The first-order valence-corrected chi connectivity index (χ1v) is 7.56. The Morgan fingerprint density at radius 1 is 0.875 bits per heavy atom. The molecule has 1 aromatic carbocycles. The fourth-order valence-corrected chi connectivity index (χ4v) is 2.78. The standard InChI is InChI=1S/C15H7F6IN2/c16-14(17,18)10-3-1-8(2-4-10)9-5-11(15(19,20)21)13-23-6-12(22)24(13)7-9/h1-7H. The summed E-state index contributed by atoms with van der Waals surface area (Å²) in [5.41, 5.74) is -1.65. The highest BCUT2D eigenvalue weighted by molar-refractivity contribution is 14.1. The number of imidazole rings is 1. The minimum atomic E-state index is -4.63. The van der Waals surface area contributed by atoms with Gasteiger partial charge in [-0.25, -0.2) is 4.98 Å². The number of pyridine rings is 1. The second-order valence-corrected chi connectivity index (χ2v) is 6.10. The maximum Gasteiger partial charge on any atom is 0.420 e. The first kappa shape index (κ1) is 17.1. The third-order valence-corrected chi connectivity index (χ3v) is 4.21. The van der Waals surface area contributed by atoms with Gasteiger partial charge in [-0.1, -0.05) is 12.1 Å². The predicted octanol–water partition coefficient (Wildman–Crippen LogP) is 5.64. The van der Waals surface area contributed by atoms with Crippen LogP contribution in [-0.4, -0.2) is 9.38 Å². The van der Waals surface area contributed by atoms with E-state index >= 15 is 0 Å². The third kappa shape index (κ3) is 3.08. The summed E-state index contributed by atoms with van der Waals surface area (Å²) in [5, 5.41) is 0. The van der Waals surface area contributed by atoms with Gasteiger partial charge in [0.15, 0.2) is 0 Å². The van der Waals surface area contributed by atoms with Crippen LogP contribution in [0.4, 0.5) is 26.3 Å². The number of rotatable bonds is 1. The van der Waals surface area contributed by atoms with E-state index in [-0.39, 0.29) is 16.8 Å². The molecule has 0 spiro atoms. The summed E-state index contributed by atoms with van der Waals surface area (Å²) in [7, 11) is 0. The van der Waals surface area contributed by atoms with Crippen molar-refractivity contribution in [1.29, 1.82) is 0 Å². The highest BCUT2D eigenvalue weighted by Crippen LogP contribution is 2.36. The first-order chi connectivity index (χ1) is 11.1. The van der Waals surface area contributed by atoms with Gasteiger partial charge in [0, 0.05) is 6.20 Å². The van der Waals surface area contributed by atoms with E-state index in [4.69, 9.17) is 0 Å². The van der Waals surface area contributed by atoms with Crippen molar-refractivity contribution in [2.45, 2.75) is 12.4 Å². The quantitative estimate of drug-likeness (QED) is 0.342. The Morgan fingerprint density at radius 2 is 1.50 bits per heavy atom. The van der Waals surface area contributed by atoms with E-state index in [1.807, 2.05) is 22.6 Å². The number of fused-ring (bicyclic) bond motifs is 1. The van der Waals surface area contributed by atoms with Crippen LogP contribution in [0.1, 0.15) is 11.1 Å². The van der Waals surface area contributed by atoms with Crippen molar-refractivity contribution in [3.8, 4) is 11.1 Å². The van der Waals surface area contributed by atoms with E-state index < -0.39 is 23.5 Å². The molecule has 2 heterocycles. The number of nitrogens with zero attached hydrogens (tertiary/aromatic N) is 2. The van der Waals surface area contributed by atoms with Crippen LogP contribution in [0.3, 0.4) is 0 Å². The smallest absolute Gasteiger partial charge is 0.294 e. The fourth-order valence-electron chi connectivity index (χ4n) is 2.28. The summed E-state index contributed by atoms with van der Waals surface area (Å²) in [4.78, 5) is 3.75. The Kier molecular flexibility index (Phi) is 4.01. The third-order valence-electron chi connectivity index (χ3n) is 3.41. The molecule has 2 aromatic heterocycles. The molecule has 126 valence electrons. The van der Waals surface area contributed by atoms with Gasteiger partial charge in [0.2, 0.25) is 0 Å². The Morgan fingerprint density at radius 3 is 2.04 bits per heavy atom. The predicted molar refractivity (Wildman–Crippen MR) is 83.3 cm³/mol. The van der Waals surface area contributed by atoms with Gasteiger partial charge in [-0.05, 0) is 51.9 Å². The molecule has 3 rings (SSSR count). The maximum absolute atomic E-state index is 13.2. The van der Waals surface area contributed by atoms with Crippen LogP contribution in [0.25, 0.3) is 16.8 Å². The van der Waals surface area contributed by atoms with E-state index in [1.54, 1.807) is 0 Å². The zero-order valence-electron chi connectivity index (χ0n) is 11.6. The normalized spacial score (nSPS) is 12.8. The van der Waals surface area contributed by atoms with Gasteiger partial charge in [-0.15, -0.1) is 0 Å². The number of alkyl halides is 6. The SMILES string of the molecule is FC(F)(F)c1ccc(-c2cc(C(F)(F)F)c3ncc(I)n3c2)cc1. The monoisotopic (exact) mass is 456 g/mol. The number of hydrogen-bond donors (Lipinski definition) is 0. The van der Waals surface area contributed by atoms with Gasteiger partial charge in [0.05, 0.1) is 17.3 Å². The van der Waals surface area contributed by atoms with Crippen LogP contribution >= 0.6 is 22.6 Å². The fraction of sp³-hybridized carbons (Fsp3) is 0.133. The molecule has 0 bridgehead atoms. The molecule has 24 heavy (non-hydrogen) atoms. The first-order valence-electron chi connectivity index (χ1n) is 6.49. The van der Waals surface area contributed by atoms with Crippen LogP contribution in [0, 0.1) is 3.70 Å². The molecule has 2 nitrogen and oxygen atoms in total. The number of aromatic nitrogens is 2. The van der Waals surface area contributed by atoms with Crippen molar-refractivity contribution in [3.05, 3.63) is 57.6 Å². The minimum Gasteiger partial charge on any atom is -0.294 e. The Bertz CT molecular complexity index is 893. The average Bonchev–Trinajstić information content (AvgIpc) is 2.86. The summed E-state index contributed by atoms with van der Waals surface area (Å²) in [6, 6.07) is 4.86. The minimum absolute atomic E-state index is 0.152. The summed E-state index contributed by atoms with van der Waals surface area (Å²) >= 11 is 1.83. The Labute approximate surface area is 145 Å². The van der Waals surface area contributed by atoms with Crippen molar-refractivity contribution in [1.82, 2.24) is 9.38 Å². The van der Waals surface area contributed by atoms with E-state index in [0.717, 1.165) is 30.3 Å². The van der Waals surface area contributed by atoms with Crippen LogP contribution in [0.5, 0.6) is 0 Å². The lowest BCUT2D eigenvalue weighted by molar-refractivity contribution is -0.138. The number of hydrogen-bond acceptors (Lipinski definition) is 1. The second kappa shape index (κ2) is 5.64. The molecule has 9 heteroatoms. The zero-order chi connectivity index (χ0) is 17.7. The van der Waals surface area contributed by atoms with Gasteiger partial charge in [0.25, 0.3) is 0 Å². The lowest BCUT2D eigenvalue weighted by Crippen LogP contribution is -2.09. The summed E-state index contributed by atoms with van der Waals surface area (Å²) < 4.78 is 79.2. The van der Waals surface area contributed by atoms with Gasteiger partial charge in [-0.3, -0.25) is 4.40 Å². The molecular weight excluding hydrogens is 449 g/mol. The molecule has 0 aliphatic rings. The summed E-state index contributed by atoms with van der Waals surface area (Å²) in [6.45, 7) is 0. The summed E-state index contributed by atoms with van der Waals surface area (Å²) in [6.07, 6.45) is -6.42. The molecule has 0 radical (unpaired) electrons. The Hall–Kier alpha value is -1.78. The van der Waals surface area contributed by atoms with Gasteiger partial charge >= 0.3 is 12.4 Å². The Balaban J connectivity index is 2.18. The van der Waals surface area contributed by atoms with Gasteiger partial charge < -0.3 is 0 Å². The van der Waals surface area contributed by atoms with Crippen LogP contribution in [0.2, 0.25) is 0 Å². The molecular formula is C15H7F6IN2. The molecule has 0 N–H and O–H groups in total.